The van der Waals surface area contributed by atoms with Crippen molar-refractivity contribution in [2.45, 2.75) is 12.5 Å². The Balaban J connectivity index is 1.50. The number of hydrogen-bond acceptors (Lipinski definition) is 4. The number of para-hydroxylation sites is 1. The maximum absolute atomic E-state index is 12.5. The molecule has 0 bridgehead atoms. The number of nitrogens with one attached hydrogen (secondary N) is 2. The van der Waals surface area contributed by atoms with Gasteiger partial charge in [0, 0.05) is 22.4 Å². The lowest BCUT2D eigenvalue weighted by Gasteiger charge is -2.20. The van der Waals surface area contributed by atoms with E-state index in [4.69, 9.17) is 9.15 Å². The number of aromatic nitrogens is 1. The van der Waals surface area contributed by atoms with Gasteiger partial charge in [0.15, 0.2) is 0 Å². The standard InChI is InChI=1S/C21H20N2O4/c1-21(25,19-10-14-5-3-4-6-18(14)27-19)12-22-20(24)17-9-13-7-8-15(26-2)11-16(13)23-17/h3-11,23,25H,12H2,1-2H3,(H,22,24). The summed E-state index contributed by atoms with van der Waals surface area (Å²) < 4.78 is 10.9. The van der Waals surface area contributed by atoms with Gasteiger partial charge in [0.05, 0.1) is 13.7 Å². The fourth-order valence-electron chi connectivity index (χ4n) is 3.04. The molecule has 1 amide bonds. The lowest BCUT2D eigenvalue weighted by atomic mass is 10.0. The van der Waals surface area contributed by atoms with E-state index in [9.17, 15) is 9.90 Å². The van der Waals surface area contributed by atoms with Crippen molar-refractivity contribution in [3.63, 3.8) is 0 Å². The summed E-state index contributed by atoms with van der Waals surface area (Å²) in [6, 6.07) is 16.6. The van der Waals surface area contributed by atoms with Crippen LogP contribution in [0.5, 0.6) is 5.75 Å². The first-order chi connectivity index (χ1) is 13.0. The fourth-order valence-corrected chi connectivity index (χ4v) is 3.04. The highest BCUT2D eigenvalue weighted by molar-refractivity contribution is 5.98. The van der Waals surface area contributed by atoms with Crippen LogP contribution in [0, 0.1) is 0 Å². The normalized spacial score (nSPS) is 13.6. The Labute approximate surface area is 155 Å². The van der Waals surface area contributed by atoms with Gasteiger partial charge < -0.3 is 24.6 Å². The molecule has 2 aromatic carbocycles. The van der Waals surface area contributed by atoms with Gasteiger partial charge >= 0.3 is 0 Å². The Kier molecular flexibility index (Phi) is 4.12. The van der Waals surface area contributed by atoms with Crippen LogP contribution in [0.1, 0.15) is 23.2 Å². The predicted octanol–water partition coefficient (Wildman–Crippen LogP) is 3.56. The van der Waals surface area contributed by atoms with Crippen LogP contribution < -0.4 is 10.1 Å². The van der Waals surface area contributed by atoms with E-state index in [2.05, 4.69) is 10.3 Å². The summed E-state index contributed by atoms with van der Waals surface area (Å²) in [7, 11) is 1.60. The number of methoxy groups -OCH3 is 1. The minimum atomic E-state index is -1.33. The van der Waals surface area contributed by atoms with Crippen molar-refractivity contribution < 1.29 is 19.1 Å². The monoisotopic (exact) mass is 364 g/mol. The zero-order chi connectivity index (χ0) is 19.0. The number of H-pyrrole nitrogens is 1. The van der Waals surface area contributed by atoms with Crippen molar-refractivity contribution in [3.8, 4) is 5.75 Å². The van der Waals surface area contributed by atoms with Crippen LogP contribution in [-0.4, -0.2) is 29.7 Å². The minimum Gasteiger partial charge on any atom is -0.497 e. The van der Waals surface area contributed by atoms with E-state index in [0.717, 1.165) is 16.3 Å². The lowest BCUT2D eigenvalue weighted by Crippen LogP contribution is -2.38. The van der Waals surface area contributed by atoms with Crippen LogP contribution in [-0.2, 0) is 5.60 Å². The average molecular weight is 364 g/mol. The van der Waals surface area contributed by atoms with Gasteiger partial charge in [-0.15, -0.1) is 0 Å². The maximum Gasteiger partial charge on any atom is 0.267 e. The van der Waals surface area contributed by atoms with Crippen LogP contribution in [0.15, 0.2) is 59.0 Å². The van der Waals surface area contributed by atoms with Crippen molar-refractivity contribution >= 4 is 27.8 Å². The van der Waals surface area contributed by atoms with E-state index >= 15 is 0 Å². The van der Waals surface area contributed by atoms with Crippen LogP contribution >= 0.6 is 0 Å². The summed E-state index contributed by atoms with van der Waals surface area (Å²) in [5.74, 6) is 0.816. The first-order valence-corrected chi connectivity index (χ1v) is 8.63. The third-order valence-electron chi connectivity index (χ3n) is 4.62. The van der Waals surface area contributed by atoms with Gasteiger partial charge in [-0.05, 0) is 37.3 Å². The van der Waals surface area contributed by atoms with E-state index < -0.39 is 5.60 Å². The van der Waals surface area contributed by atoms with Gasteiger partial charge in [-0.1, -0.05) is 18.2 Å². The number of ether oxygens (including phenoxy) is 1. The molecule has 0 radical (unpaired) electrons. The largest absolute Gasteiger partial charge is 0.497 e. The molecule has 2 heterocycles. The van der Waals surface area contributed by atoms with Crippen LogP contribution in [0.25, 0.3) is 21.9 Å². The molecule has 4 rings (SSSR count). The van der Waals surface area contributed by atoms with Crippen LogP contribution in [0.4, 0.5) is 0 Å². The molecule has 0 spiro atoms. The third kappa shape index (κ3) is 3.27. The molecule has 6 nitrogen and oxygen atoms in total. The summed E-state index contributed by atoms with van der Waals surface area (Å²) in [5.41, 5.74) is 0.593. The Hall–Kier alpha value is -3.25. The smallest absolute Gasteiger partial charge is 0.267 e. The van der Waals surface area contributed by atoms with E-state index in [1.165, 1.54) is 0 Å². The van der Waals surface area contributed by atoms with Crippen molar-refractivity contribution in [3.05, 3.63) is 66.1 Å². The molecule has 0 aliphatic rings. The highest BCUT2D eigenvalue weighted by atomic mass is 16.5. The number of benzene rings is 2. The van der Waals surface area contributed by atoms with Gasteiger partial charge in [0.25, 0.3) is 5.91 Å². The molecular formula is C21H20N2O4. The van der Waals surface area contributed by atoms with Crippen molar-refractivity contribution in [2.75, 3.05) is 13.7 Å². The molecule has 27 heavy (non-hydrogen) atoms. The topological polar surface area (TPSA) is 87.5 Å². The van der Waals surface area contributed by atoms with Crippen molar-refractivity contribution in [1.29, 1.82) is 0 Å². The second kappa shape index (κ2) is 6.48. The second-order valence-electron chi connectivity index (χ2n) is 6.74. The summed E-state index contributed by atoms with van der Waals surface area (Å²) in [5, 5.41) is 15.3. The molecule has 0 aliphatic heterocycles. The van der Waals surface area contributed by atoms with Gasteiger partial charge in [-0.25, -0.2) is 0 Å². The predicted molar refractivity (Wildman–Crippen MR) is 103 cm³/mol. The number of fused-ring (bicyclic) bond motifs is 2. The fraction of sp³-hybridized carbons (Fsp3) is 0.190. The highest BCUT2D eigenvalue weighted by Crippen LogP contribution is 2.27. The van der Waals surface area contributed by atoms with Gasteiger partial charge in [-0.2, -0.15) is 0 Å². The van der Waals surface area contributed by atoms with Crippen molar-refractivity contribution in [1.82, 2.24) is 10.3 Å². The molecule has 138 valence electrons. The first kappa shape index (κ1) is 17.2. The maximum atomic E-state index is 12.5. The molecule has 1 unspecified atom stereocenters. The number of aromatic amines is 1. The number of carbonyl (C=O) groups excluding carboxylic acids is 1. The quantitative estimate of drug-likeness (QED) is 0.505. The Bertz CT molecular complexity index is 1090. The minimum absolute atomic E-state index is 0.0182. The number of amides is 1. The SMILES string of the molecule is COc1ccc2cc(C(=O)NCC(C)(O)c3cc4ccccc4o3)[nH]c2c1. The van der Waals surface area contributed by atoms with Crippen LogP contribution in [0.3, 0.4) is 0 Å². The number of hydrogen-bond donors (Lipinski definition) is 3. The molecule has 0 saturated heterocycles. The average Bonchev–Trinajstić information content (AvgIpc) is 3.29. The molecule has 0 fully saturated rings. The van der Waals surface area contributed by atoms with Gasteiger partial charge in [0.1, 0.15) is 28.4 Å². The lowest BCUT2D eigenvalue weighted by molar-refractivity contribution is 0.0344. The molecule has 3 N–H and O–H groups in total. The summed E-state index contributed by atoms with van der Waals surface area (Å²) in [4.78, 5) is 15.6. The summed E-state index contributed by atoms with van der Waals surface area (Å²) >= 11 is 0. The van der Waals surface area contributed by atoms with E-state index in [1.807, 2.05) is 42.5 Å². The Morgan fingerprint density at radius 1 is 1.19 bits per heavy atom. The molecule has 1 atom stereocenters. The molecule has 0 saturated carbocycles. The highest BCUT2D eigenvalue weighted by Gasteiger charge is 2.28. The molecular weight excluding hydrogens is 344 g/mol. The Morgan fingerprint density at radius 2 is 2.00 bits per heavy atom. The van der Waals surface area contributed by atoms with Crippen molar-refractivity contribution in [2.24, 2.45) is 0 Å². The number of rotatable bonds is 5. The molecule has 0 aliphatic carbocycles. The zero-order valence-corrected chi connectivity index (χ0v) is 15.1. The summed E-state index contributed by atoms with van der Waals surface area (Å²) in [6.07, 6.45) is 0. The van der Waals surface area contributed by atoms with Gasteiger partial charge in [-0.3, -0.25) is 4.79 Å². The van der Waals surface area contributed by atoms with E-state index in [0.29, 0.717) is 22.8 Å². The number of furan rings is 1. The van der Waals surface area contributed by atoms with Crippen LogP contribution in [0.2, 0.25) is 0 Å². The second-order valence-corrected chi connectivity index (χ2v) is 6.74. The van der Waals surface area contributed by atoms with E-state index in [-0.39, 0.29) is 12.5 Å². The number of aliphatic hydroxyl groups is 1. The molecule has 4 aromatic rings. The Morgan fingerprint density at radius 3 is 2.78 bits per heavy atom. The zero-order valence-electron chi connectivity index (χ0n) is 15.1. The number of carbonyl (C=O) groups is 1. The third-order valence-corrected chi connectivity index (χ3v) is 4.62. The summed E-state index contributed by atoms with van der Waals surface area (Å²) in [6.45, 7) is 1.63. The molecule has 6 heteroatoms. The van der Waals surface area contributed by atoms with Gasteiger partial charge in [0.2, 0.25) is 0 Å². The molecule has 2 aromatic heterocycles. The first-order valence-electron chi connectivity index (χ1n) is 8.63. The van der Waals surface area contributed by atoms with E-state index in [1.54, 1.807) is 26.2 Å².